The predicted octanol–water partition coefficient (Wildman–Crippen LogP) is 3.05. The number of amides is 3. The Morgan fingerprint density at radius 1 is 1.10 bits per heavy atom. The zero-order valence-corrected chi connectivity index (χ0v) is 18.9. The van der Waals surface area contributed by atoms with Crippen molar-refractivity contribution in [3.63, 3.8) is 0 Å². The second-order valence-electron chi connectivity index (χ2n) is 7.18. The number of anilines is 1. The van der Waals surface area contributed by atoms with Gasteiger partial charge in [-0.05, 0) is 33.6 Å². The lowest BCUT2D eigenvalue weighted by Gasteiger charge is -2.19. The number of nitrogens with one attached hydrogen (secondary N) is 3. The van der Waals surface area contributed by atoms with Crippen molar-refractivity contribution < 1.29 is 23.9 Å². The molecule has 0 aromatic carbocycles. The van der Waals surface area contributed by atoms with E-state index < -0.39 is 17.8 Å². The lowest BCUT2D eigenvalue weighted by atomic mass is 10.2. The molecule has 0 aliphatic rings. The molecule has 0 aliphatic carbocycles. The average Bonchev–Trinajstić information content (AvgIpc) is 3.25. The maximum absolute atomic E-state index is 11.6. The van der Waals surface area contributed by atoms with Gasteiger partial charge in [0.2, 0.25) is 5.91 Å². The fourth-order valence-corrected chi connectivity index (χ4v) is 3.83. The molecule has 3 amide bonds. The molecular formula is C18H25N5O5S2. The Morgan fingerprint density at radius 2 is 1.83 bits per heavy atom. The van der Waals surface area contributed by atoms with Crippen LogP contribution >= 0.6 is 22.7 Å². The summed E-state index contributed by atoms with van der Waals surface area (Å²) in [4.78, 5) is 43.8. The molecule has 0 aliphatic heterocycles. The van der Waals surface area contributed by atoms with E-state index >= 15 is 0 Å². The maximum Gasteiger partial charge on any atom is 0.426 e. The second-order valence-corrected chi connectivity index (χ2v) is 9.24. The predicted molar refractivity (Wildman–Crippen MR) is 113 cm³/mol. The van der Waals surface area contributed by atoms with Crippen LogP contribution in [-0.4, -0.2) is 40.3 Å². The smallest absolute Gasteiger partial charge is 0.426 e. The van der Waals surface area contributed by atoms with Gasteiger partial charge in [0, 0.05) is 29.8 Å². The van der Waals surface area contributed by atoms with Gasteiger partial charge >= 0.3 is 12.2 Å². The molecule has 0 fully saturated rings. The molecule has 0 bridgehead atoms. The molecule has 10 nitrogen and oxygen atoms in total. The molecule has 0 spiro atoms. The summed E-state index contributed by atoms with van der Waals surface area (Å²) in [6.07, 6.45) is 2.23. The lowest BCUT2D eigenvalue weighted by molar-refractivity contribution is -0.114. The number of ether oxygens (including phenoxy) is 2. The van der Waals surface area contributed by atoms with Crippen LogP contribution in [0.25, 0.3) is 0 Å². The van der Waals surface area contributed by atoms with Gasteiger partial charge in [0.15, 0.2) is 5.13 Å². The van der Waals surface area contributed by atoms with Crippen LogP contribution in [0, 0.1) is 0 Å². The SMILES string of the molecule is CC(=O)Nc1nc(CCc2cnc(CCOC(=O)NNC(=O)OC(C)(C)C)s2)cs1. The molecule has 2 aromatic heterocycles. The van der Waals surface area contributed by atoms with Gasteiger partial charge in [0.1, 0.15) is 5.60 Å². The van der Waals surface area contributed by atoms with Gasteiger partial charge in [-0.25, -0.2) is 30.4 Å². The van der Waals surface area contributed by atoms with Gasteiger partial charge in [-0.3, -0.25) is 4.79 Å². The minimum absolute atomic E-state index is 0.126. The summed E-state index contributed by atoms with van der Waals surface area (Å²) < 4.78 is 9.99. The van der Waals surface area contributed by atoms with Gasteiger partial charge in [-0.1, -0.05) is 0 Å². The van der Waals surface area contributed by atoms with E-state index in [0.29, 0.717) is 11.6 Å². The molecule has 2 aromatic rings. The number of thiazole rings is 2. The second kappa shape index (κ2) is 10.9. The van der Waals surface area contributed by atoms with E-state index in [0.717, 1.165) is 28.4 Å². The van der Waals surface area contributed by atoms with Crippen LogP contribution < -0.4 is 16.2 Å². The Labute approximate surface area is 182 Å². The molecule has 3 N–H and O–H groups in total. The zero-order chi connectivity index (χ0) is 22.1. The number of aromatic nitrogens is 2. The highest BCUT2D eigenvalue weighted by molar-refractivity contribution is 7.14. The average molecular weight is 456 g/mol. The third-order valence-corrected chi connectivity index (χ3v) is 5.20. The van der Waals surface area contributed by atoms with Crippen molar-refractivity contribution in [3.05, 3.63) is 27.2 Å². The molecule has 2 rings (SSSR count). The number of hydrazine groups is 1. The fourth-order valence-electron chi connectivity index (χ4n) is 2.13. The topological polar surface area (TPSA) is 132 Å². The van der Waals surface area contributed by atoms with Crippen LogP contribution in [0.5, 0.6) is 0 Å². The number of aryl methyl sites for hydroxylation is 2. The van der Waals surface area contributed by atoms with E-state index in [9.17, 15) is 14.4 Å². The first-order valence-electron chi connectivity index (χ1n) is 9.18. The number of nitrogens with zero attached hydrogens (tertiary/aromatic N) is 2. The first kappa shape index (κ1) is 23.5. The Balaban J connectivity index is 1.65. The Hall–Kier alpha value is -2.73. The number of hydrogen-bond donors (Lipinski definition) is 3. The molecule has 12 heteroatoms. The minimum atomic E-state index is -0.781. The summed E-state index contributed by atoms with van der Waals surface area (Å²) in [5.74, 6) is -0.139. The van der Waals surface area contributed by atoms with Gasteiger partial charge in [-0.15, -0.1) is 22.7 Å². The highest BCUT2D eigenvalue weighted by atomic mass is 32.1. The normalized spacial score (nSPS) is 10.9. The van der Waals surface area contributed by atoms with E-state index in [1.165, 1.54) is 29.6 Å². The minimum Gasteiger partial charge on any atom is -0.448 e. The van der Waals surface area contributed by atoms with E-state index in [1.54, 1.807) is 27.0 Å². The third-order valence-electron chi connectivity index (χ3n) is 3.28. The number of carbonyl (C=O) groups excluding carboxylic acids is 3. The molecule has 0 saturated heterocycles. The van der Waals surface area contributed by atoms with Crippen molar-refractivity contribution in [2.24, 2.45) is 0 Å². The Bertz CT molecular complexity index is 874. The highest BCUT2D eigenvalue weighted by Crippen LogP contribution is 2.19. The maximum atomic E-state index is 11.6. The Morgan fingerprint density at radius 3 is 2.53 bits per heavy atom. The molecule has 0 atom stereocenters. The number of hydrogen-bond acceptors (Lipinski definition) is 9. The van der Waals surface area contributed by atoms with Crippen molar-refractivity contribution in [1.29, 1.82) is 0 Å². The van der Waals surface area contributed by atoms with Crippen LogP contribution in [0.4, 0.5) is 14.7 Å². The molecule has 2 heterocycles. The van der Waals surface area contributed by atoms with E-state index in [4.69, 9.17) is 9.47 Å². The largest absolute Gasteiger partial charge is 0.448 e. The monoisotopic (exact) mass is 455 g/mol. The van der Waals surface area contributed by atoms with Crippen LogP contribution in [0.15, 0.2) is 11.6 Å². The van der Waals surface area contributed by atoms with E-state index in [2.05, 4.69) is 26.1 Å². The van der Waals surface area contributed by atoms with Gasteiger partial charge < -0.3 is 14.8 Å². The van der Waals surface area contributed by atoms with Gasteiger partial charge in [0.25, 0.3) is 0 Å². The lowest BCUT2D eigenvalue weighted by Crippen LogP contribution is -2.44. The van der Waals surface area contributed by atoms with Crippen molar-refractivity contribution >= 4 is 45.9 Å². The molecule has 164 valence electrons. The summed E-state index contributed by atoms with van der Waals surface area (Å²) in [6.45, 7) is 6.72. The quantitative estimate of drug-likeness (QED) is 0.547. The standard InChI is InChI=1S/C18H25N5O5S2/c1-11(24)20-15-21-12(10-29-15)5-6-13-9-19-14(30-13)7-8-27-16(25)22-23-17(26)28-18(2,3)4/h9-10H,5-8H2,1-4H3,(H,22,25)(H,23,26)(H,20,21,24). The highest BCUT2D eigenvalue weighted by Gasteiger charge is 2.16. The van der Waals surface area contributed by atoms with Crippen molar-refractivity contribution in [1.82, 2.24) is 20.8 Å². The molecular weight excluding hydrogens is 430 g/mol. The Kier molecular flexibility index (Phi) is 8.54. The first-order valence-corrected chi connectivity index (χ1v) is 10.9. The zero-order valence-electron chi connectivity index (χ0n) is 17.2. The molecule has 0 radical (unpaired) electrons. The van der Waals surface area contributed by atoms with Crippen LogP contribution in [-0.2, 0) is 33.5 Å². The molecule has 0 unspecified atom stereocenters. The van der Waals surface area contributed by atoms with Crippen molar-refractivity contribution in [2.45, 2.75) is 52.6 Å². The summed E-state index contributed by atoms with van der Waals surface area (Å²) in [5, 5.41) is 6.03. The van der Waals surface area contributed by atoms with Gasteiger partial charge in [-0.2, -0.15) is 0 Å². The van der Waals surface area contributed by atoms with Crippen LogP contribution in [0.3, 0.4) is 0 Å². The third kappa shape index (κ3) is 9.18. The first-order chi connectivity index (χ1) is 14.1. The number of rotatable bonds is 7. The van der Waals surface area contributed by atoms with E-state index in [-0.39, 0.29) is 12.5 Å². The van der Waals surface area contributed by atoms with E-state index in [1.807, 2.05) is 5.38 Å². The van der Waals surface area contributed by atoms with Crippen molar-refractivity contribution in [2.75, 3.05) is 11.9 Å². The summed E-state index contributed by atoms with van der Waals surface area (Å²) >= 11 is 2.94. The van der Waals surface area contributed by atoms with Crippen LogP contribution in [0.1, 0.15) is 43.3 Å². The molecule has 0 saturated carbocycles. The fraction of sp³-hybridized carbons (Fsp3) is 0.500. The summed E-state index contributed by atoms with van der Waals surface area (Å²) in [5.41, 5.74) is 4.47. The molecule has 30 heavy (non-hydrogen) atoms. The van der Waals surface area contributed by atoms with Crippen LogP contribution in [0.2, 0.25) is 0 Å². The number of carbonyl (C=O) groups is 3. The summed E-state index contributed by atoms with van der Waals surface area (Å²) in [7, 11) is 0. The van der Waals surface area contributed by atoms with Crippen molar-refractivity contribution in [3.8, 4) is 0 Å². The summed E-state index contributed by atoms with van der Waals surface area (Å²) in [6, 6.07) is 0. The van der Waals surface area contributed by atoms with Gasteiger partial charge in [0.05, 0.1) is 17.3 Å².